The summed E-state index contributed by atoms with van der Waals surface area (Å²) in [4.78, 5) is 0. The quantitative estimate of drug-likeness (QED) is 0.836. The summed E-state index contributed by atoms with van der Waals surface area (Å²) in [5, 5.41) is 3.59. The Morgan fingerprint density at radius 3 is 2.71 bits per heavy atom. The lowest BCUT2D eigenvalue weighted by atomic mass is 9.78. The number of hydrogen-bond donors (Lipinski definition) is 2. The lowest BCUT2D eigenvalue weighted by Gasteiger charge is -2.33. The van der Waals surface area contributed by atoms with Crippen LogP contribution in [0.15, 0.2) is 30.3 Å². The Morgan fingerprint density at radius 2 is 2.06 bits per heavy atom. The van der Waals surface area contributed by atoms with Crippen LogP contribution in [0, 0.1) is 11.8 Å². The maximum absolute atomic E-state index is 5.93. The van der Waals surface area contributed by atoms with Crippen molar-refractivity contribution < 1.29 is 0 Å². The van der Waals surface area contributed by atoms with Crippen LogP contribution < -0.4 is 11.1 Å². The zero-order chi connectivity index (χ0) is 12.1. The van der Waals surface area contributed by atoms with Crippen molar-refractivity contribution in [3.63, 3.8) is 0 Å². The molecule has 1 aliphatic carbocycles. The second-order valence-electron chi connectivity index (χ2n) is 5.38. The van der Waals surface area contributed by atoms with Gasteiger partial charge in [0.25, 0.3) is 0 Å². The molecule has 0 heterocycles. The summed E-state index contributed by atoms with van der Waals surface area (Å²) < 4.78 is 0. The third kappa shape index (κ3) is 3.47. The first-order chi connectivity index (χ1) is 8.29. The summed E-state index contributed by atoms with van der Waals surface area (Å²) in [6.45, 7) is 3.09. The van der Waals surface area contributed by atoms with Crippen molar-refractivity contribution in [1.82, 2.24) is 0 Å². The fourth-order valence-electron chi connectivity index (χ4n) is 2.96. The highest BCUT2D eigenvalue weighted by molar-refractivity contribution is 5.43. The third-order valence-electron chi connectivity index (χ3n) is 3.93. The number of nitrogens with one attached hydrogen (secondary N) is 1. The number of hydrogen-bond acceptors (Lipinski definition) is 2. The van der Waals surface area contributed by atoms with Crippen molar-refractivity contribution in [1.29, 1.82) is 0 Å². The van der Waals surface area contributed by atoms with Gasteiger partial charge in [-0.2, -0.15) is 0 Å². The Hall–Kier alpha value is -1.02. The normalized spacial score (nSPS) is 26.5. The van der Waals surface area contributed by atoms with Crippen LogP contribution >= 0.6 is 0 Å². The van der Waals surface area contributed by atoms with Crippen molar-refractivity contribution in [2.75, 3.05) is 11.9 Å². The van der Waals surface area contributed by atoms with Crippen LogP contribution in [0.4, 0.5) is 5.69 Å². The Bertz CT molecular complexity index is 323. The Kier molecular flexibility index (Phi) is 4.43. The first kappa shape index (κ1) is 12.4. The first-order valence-electron chi connectivity index (χ1n) is 6.81. The predicted molar refractivity (Wildman–Crippen MR) is 74.0 cm³/mol. The van der Waals surface area contributed by atoms with Gasteiger partial charge in [0.2, 0.25) is 0 Å². The minimum Gasteiger partial charge on any atom is -0.381 e. The van der Waals surface area contributed by atoms with E-state index in [4.69, 9.17) is 5.73 Å². The SMILES string of the molecule is CC1CCCC(C(CN)Nc2ccccc2)C1. The largest absolute Gasteiger partial charge is 0.381 e. The molecule has 0 saturated heterocycles. The minimum absolute atomic E-state index is 0.431. The summed E-state index contributed by atoms with van der Waals surface area (Å²) in [6.07, 6.45) is 5.39. The molecule has 0 aliphatic heterocycles. The van der Waals surface area contributed by atoms with Crippen molar-refractivity contribution >= 4 is 5.69 Å². The van der Waals surface area contributed by atoms with E-state index in [-0.39, 0.29) is 0 Å². The Balaban J connectivity index is 1.96. The molecule has 3 N–H and O–H groups in total. The first-order valence-corrected chi connectivity index (χ1v) is 6.81. The average molecular weight is 232 g/mol. The Labute approximate surface area is 105 Å². The predicted octanol–water partition coefficient (Wildman–Crippen LogP) is 3.25. The maximum Gasteiger partial charge on any atom is 0.0411 e. The molecule has 1 saturated carbocycles. The molecule has 94 valence electrons. The van der Waals surface area contributed by atoms with E-state index in [9.17, 15) is 0 Å². The van der Waals surface area contributed by atoms with Crippen LogP contribution in [0.25, 0.3) is 0 Å². The second kappa shape index (κ2) is 6.06. The molecule has 3 atom stereocenters. The van der Waals surface area contributed by atoms with E-state index in [1.54, 1.807) is 0 Å². The molecule has 17 heavy (non-hydrogen) atoms. The van der Waals surface area contributed by atoms with Gasteiger partial charge < -0.3 is 11.1 Å². The Morgan fingerprint density at radius 1 is 1.29 bits per heavy atom. The molecule has 0 amide bonds. The van der Waals surface area contributed by atoms with E-state index in [2.05, 4.69) is 36.5 Å². The van der Waals surface area contributed by atoms with E-state index < -0.39 is 0 Å². The zero-order valence-electron chi connectivity index (χ0n) is 10.7. The van der Waals surface area contributed by atoms with Crippen LogP contribution in [-0.4, -0.2) is 12.6 Å². The van der Waals surface area contributed by atoms with Crippen molar-refractivity contribution in [3.8, 4) is 0 Å². The minimum atomic E-state index is 0.431. The van der Waals surface area contributed by atoms with E-state index in [1.807, 2.05) is 6.07 Å². The molecule has 0 spiro atoms. The highest BCUT2D eigenvalue weighted by Gasteiger charge is 2.25. The van der Waals surface area contributed by atoms with Gasteiger partial charge in [0.1, 0.15) is 0 Å². The summed E-state index contributed by atoms with van der Waals surface area (Å²) in [5.41, 5.74) is 7.13. The van der Waals surface area contributed by atoms with Crippen LogP contribution in [0.5, 0.6) is 0 Å². The molecule has 0 radical (unpaired) electrons. The van der Waals surface area contributed by atoms with Crippen LogP contribution in [0.3, 0.4) is 0 Å². The summed E-state index contributed by atoms with van der Waals surface area (Å²) in [5.74, 6) is 1.60. The average Bonchev–Trinajstić information content (AvgIpc) is 2.37. The highest BCUT2D eigenvalue weighted by atomic mass is 14.9. The van der Waals surface area contributed by atoms with Crippen molar-refractivity contribution in [2.45, 2.75) is 38.6 Å². The van der Waals surface area contributed by atoms with E-state index in [1.165, 1.54) is 31.4 Å². The highest BCUT2D eigenvalue weighted by Crippen LogP contribution is 2.31. The molecule has 2 heteroatoms. The van der Waals surface area contributed by atoms with E-state index >= 15 is 0 Å². The van der Waals surface area contributed by atoms with Gasteiger partial charge in [-0.25, -0.2) is 0 Å². The number of benzene rings is 1. The number of para-hydroxylation sites is 1. The zero-order valence-corrected chi connectivity index (χ0v) is 10.7. The van der Waals surface area contributed by atoms with Gasteiger partial charge >= 0.3 is 0 Å². The van der Waals surface area contributed by atoms with Crippen LogP contribution in [0.2, 0.25) is 0 Å². The number of rotatable bonds is 4. The lowest BCUT2D eigenvalue weighted by molar-refractivity contribution is 0.257. The van der Waals surface area contributed by atoms with Gasteiger partial charge in [-0.3, -0.25) is 0 Å². The molecular weight excluding hydrogens is 208 g/mol. The van der Waals surface area contributed by atoms with E-state index in [0.29, 0.717) is 6.04 Å². The summed E-state index contributed by atoms with van der Waals surface area (Å²) in [7, 11) is 0. The molecule has 2 nitrogen and oxygen atoms in total. The van der Waals surface area contributed by atoms with Gasteiger partial charge in [0.05, 0.1) is 0 Å². The van der Waals surface area contributed by atoms with Gasteiger partial charge in [0, 0.05) is 18.3 Å². The topological polar surface area (TPSA) is 38.0 Å². The molecular formula is C15H24N2. The third-order valence-corrected chi connectivity index (χ3v) is 3.93. The molecule has 1 aliphatic rings. The standard InChI is InChI=1S/C15H24N2/c1-12-6-5-7-13(10-12)15(11-16)17-14-8-3-2-4-9-14/h2-4,8-9,12-13,15,17H,5-7,10-11,16H2,1H3. The van der Waals surface area contributed by atoms with Gasteiger partial charge in [-0.05, 0) is 36.8 Å². The monoisotopic (exact) mass is 232 g/mol. The maximum atomic E-state index is 5.93. The molecule has 2 rings (SSSR count). The van der Waals surface area contributed by atoms with Gasteiger partial charge in [-0.1, -0.05) is 38.0 Å². The van der Waals surface area contributed by atoms with E-state index in [0.717, 1.165) is 18.4 Å². The van der Waals surface area contributed by atoms with Crippen LogP contribution in [-0.2, 0) is 0 Å². The van der Waals surface area contributed by atoms with Crippen LogP contribution in [0.1, 0.15) is 32.6 Å². The lowest BCUT2D eigenvalue weighted by Crippen LogP contribution is -2.38. The molecule has 1 aromatic carbocycles. The molecule has 1 fully saturated rings. The smallest absolute Gasteiger partial charge is 0.0411 e. The van der Waals surface area contributed by atoms with Gasteiger partial charge in [0.15, 0.2) is 0 Å². The second-order valence-corrected chi connectivity index (χ2v) is 5.38. The molecule has 1 aromatic rings. The van der Waals surface area contributed by atoms with Gasteiger partial charge in [-0.15, -0.1) is 0 Å². The van der Waals surface area contributed by atoms with Crippen molar-refractivity contribution in [2.24, 2.45) is 17.6 Å². The van der Waals surface area contributed by atoms with Crippen molar-refractivity contribution in [3.05, 3.63) is 30.3 Å². The molecule has 0 aromatic heterocycles. The summed E-state index contributed by atoms with van der Waals surface area (Å²) >= 11 is 0. The summed E-state index contributed by atoms with van der Waals surface area (Å²) in [6, 6.07) is 10.9. The molecule has 0 bridgehead atoms. The fourth-order valence-corrected chi connectivity index (χ4v) is 2.96. The molecule has 3 unspecified atom stereocenters. The number of anilines is 1. The fraction of sp³-hybridized carbons (Fsp3) is 0.600. The number of nitrogens with two attached hydrogens (primary N) is 1.